The Labute approximate surface area is 92.6 Å². The summed E-state index contributed by atoms with van der Waals surface area (Å²) in [4.78, 5) is 23.5. The van der Waals surface area contributed by atoms with Crippen molar-refractivity contribution in [1.29, 1.82) is 5.26 Å². The number of carbonyl (C=O) groups is 2. The molecule has 1 heterocycles. The Morgan fingerprint density at radius 1 is 1.69 bits per heavy atom. The predicted molar refractivity (Wildman–Crippen MR) is 52.3 cm³/mol. The molecule has 7 nitrogen and oxygen atoms in total. The first-order valence-electron chi connectivity index (χ1n) is 4.78. The van der Waals surface area contributed by atoms with Gasteiger partial charge in [-0.3, -0.25) is 0 Å². The molecule has 0 aromatic rings. The van der Waals surface area contributed by atoms with Gasteiger partial charge in [-0.2, -0.15) is 5.26 Å². The molecule has 1 fully saturated rings. The second kappa shape index (κ2) is 4.81. The quantitative estimate of drug-likeness (QED) is 0.477. The summed E-state index contributed by atoms with van der Waals surface area (Å²) in [6.45, 7) is 1.87. The van der Waals surface area contributed by atoms with Gasteiger partial charge in [0.2, 0.25) is 0 Å². The van der Waals surface area contributed by atoms with E-state index in [1.807, 2.05) is 0 Å². The average molecular weight is 227 g/mol. The van der Waals surface area contributed by atoms with Gasteiger partial charge in [-0.15, -0.1) is 0 Å². The smallest absolute Gasteiger partial charge is 0.388 e. The molecule has 88 valence electrons. The Kier molecular flexibility index (Phi) is 3.68. The Balaban J connectivity index is 2.37. The number of nitrogens with zero attached hydrogens (tertiary/aromatic N) is 2. The highest BCUT2D eigenvalue weighted by Gasteiger charge is 2.35. The van der Waals surface area contributed by atoms with Crippen LogP contribution in [0.3, 0.4) is 0 Å². The van der Waals surface area contributed by atoms with E-state index in [2.05, 4.69) is 10.1 Å². The molecule has 1 aliphatic heterocycles. The van der Waals surface area contributed by atoms with Crippen LogP contribution in [0.1, 0.15) is 13.3 Å². The van der Waals surface area contributed by atoms with Crippen LogP contribution in [-0.2, 0) is 4.74 Å². The van der Waals surface area contributed by atoms with Crippen molar-refractivity contribution in [3.05, 3.63) is 0 Å². The predicted octanol–water partition coefficient (Wildman–Crippen LogP) is -0.187. The summed E-state index contributed by atoms with van der Waals surface area (Å²) in [6.07, 6.45) is -1.33. The minimum atomic E-state index is -0.960. The third-order valence-corrected chi connectivity index (χ3v) is 2.20. The Morgan fingerprint density at radius 3 is 2.88 bits per heavy atom. The number of ether oxygens (including phenoxy) is 1. The third-order valence-electron chi connectivity index (χ3n) is 2.20. The summed E-state index contributed by atoms with van der Waals surface area (Å²) in [5, 5.41) is 19.9. The van der Waals surface area contributed by atoms with E-state index in [9.17, 15) is 14.7 Å². The molecule has 0 aromatic carbocycles. The fourth-order valence-corrected chi connectivity index (χ4v) is 1.39. The van der Waals surface area contributed by atoms with Gasteiger partial charge in [0.25, 0.3) is 0 Å². The number of nitriles is 1. The number of aliphatic hydroxyl groups is 1. The fraction of sp³-hybridized carbons (Fsp3) is 0.667. The van der Waals surface area contributed by atoms with Crippen molar-refractivity contribution < 1.29 is 19.4 Å². The van der Waals surface area contributed by atoms with Gasteiger partial charge >= 0.3 is 12.2 Å². The first kappa shape index (κ1) is 12.3. The highest BCUT2D eigenvalue weighted by molar-refractivity contribution is 5.83. The van der Waals surface area contributed by atoms with Crippen LogP contribution in [0.15, 0.2) is 0 Å². The maximum atomic E-state index is 11.4. The molecule has 1 saturated heterocycles. The van der Waals surface area contributed by atoms with Crippen molar-refractivity contribution in [3.8, 4) is 6.07 Å². The summed E-state index contributed by atoms with van der Waals surface area (Å²) in [5.41, 5.74) is -0.928. The molecule has 1 atom stereocenters. The van der Waals surface area contributed by atoms with E-state index in [-0.39, 0.29) is 13.1 Å². The number of hydrogen-bond acceptors (Lipinski definition) is 5. The average Bonchev–Trinajstić information content (AvgIpc) is 2.56. The Morgan fingerprint density at radius 2 is 2.38 bits per heavy atom. The molecule has 0 radical (unpaired) electrons. The second-order valence-corrected chi connectivity index (χ2v) is 3.84. The SMILES string of the molecule is CC1(O)CCN(C(=O)OC(=O)NCC#N)C1. The summed E-state index contributed by atoms with van der Waals surface area (Å²) in [5.74, 6) is 0. The minimum Gasteiger partial charge on any atom is -0.388 e. The van der Waals surface area contributed by atoms with Crippen molar-refractivity contribution in [2.24, 2.45) is 0 Å². The lowest BCUT2D eigenvalue weighted by molar-refractivity contribution is 0.0650. The van der Waals surface area contributed by atoms with E-state index in [4.69, 9.17) is 5.26 Å². The molecule has 2 N–H and O–H groups in total. The van der Waals surface area contributed by atoms with Crippen LogP contribution in [0.4, 0.5) is 9.59 Å². The monoisotopic (exact) mass is 227 g/mol. The van der Waals surface area contributed by atoms with E-state index < -0.39 is 17.8 Å². The van der Waals surface area contributed by atoms with Crippen molar-refractivity contribution in [2.45, 2.75) is 18.9 Å². The highest BCUT2D eigenvalue weighted by Crippen LogP contribution is 2.20. The first-order chi connectivity index (χ1) is 7.44. The standard InChI is InChI=1S/C9H13N3O4/c1-9(15)2-5-12(6-9)8(14)16-7(13)11-4-3-10/h15H,2,4-6H2,1H3,(H,11,13). The normalized spacial score (nSPS) is 23.7. The molecular formula is C9H13N3O4. The topological polar surface area (TPSA) is 103 Å². The molecule has 0 aliphatic carbocycles. The zero-order valence-electron chi connectivity index (χ0n) is 8.89. The molecular weight excluding hydrogens is 214 g/mol. The van der Waals surface area contributed by atoms with Gasteiger partial charge in [-0.25, -0.2) is 9.59 Å². The largest absolute Gasteiger partial charge is 0.418 e. The molecule has 2 amide bonds. The van der Waals surface area contributed by atoms with Crippen LogP contribution in [-0.4, -0.2) is 47.4 Å². The fourth-order valence-electron chi connectivity index (χ4n) is 1.39. The van der Waals surface area contributed by atoms with Gasteiger partial charge in [0.05, 0.1) is 18.2 Å². The minimum absolute atomic E-state index is 0.136. The van der Waals surface area contributed by atoms with Crippen LogP contribution >= 0.6 is 0 Å². The molecule has 0 aromatic heterocycles. The molecule has 0 saturated carbocycles. The summed E-state index contributed by atoms with van der Waals surface area (Å²) < 4.78 is 4.40. The molecule has 7 heteroatoms. The van der Waals surface area contributed by atoms with Gasteiger partial charge in [0.15, 0.2) is 0 Å². The second-order valence-electron chi connectivity index (χ2n) is 3.84. The van der Waals surface area contributed by atoms with E-state index >= 15 is 0 Å². The van der Waals surface area contributed by atoms with Crippen molar-refractivity contribution >= 4 is 12.2 Å². The third kappa shape index (κ3) is 3.40. The first-order valence-corrected chi connectivity index (χ1v) is 4.78. The zero-order valence-corrected chi connectivity index (χ0v) is 8.89. The lowest BCUT2D eigenvalue weighted by Gasteiger charge is -2.17. The van der Waals surface area contributed by atoms with Crippen molar-refractivity contribution in [1.82, 2.24) is 10.2 Å². The summed E-state index contributed by atoms with van der Waals surface area (Å²) in [6, 6.07) is 1.68. The van der Waals surface area contributed by atoms with E-state index in [0.29, 0.717) is 13.0 Å². The zero-order chi connectivity index (χ0) is 12.2. The lowest BCUT2D eigenvalue weighted by Crippen LogP contribution is -2.37. The summed E-state index contributed by atoms with van der Waals surface area (Å²) in [7, 11) is 0. The van der Waals surface area contributed by atoms with E-state index in [1.54, 1.807) is 13.0 Å². The number of rotatable bonds is 1. The highest BCUT2D eigenvalue weighted by atomic mass is 16.6. The van der Waals surface area contributed by atoms with Crippen molar-refractivity contribution in [3.63, 3.8) is 0 Å². The molecule has 0 bridgehead atoms. The molecule has 1 aliphatic rings. The number of amides is 2. The van der Waals surface area contributed by atoms with E-state index in [0.717, 1.165) is 0 Å². The van der Waals surface area contributed by atoms with Crippen LogP contribution < -0.4 is 5.32 Å². The molecule has 1 unspecified atom stereocenters. The van der Waals surface area contributed by atoms with Gasteiger partial charge in [-0.05, 0) is 13.3 Å². The number of carbonyl (C=O) groups excluding carboxylic acids is 2. The maximum Gasteiger partial charge on any atom is 0.418 e. The Bertz CT molecular complexity index is 334. The van der Waals surface area contributed by atoms with Crippen LogP contribution in [0.2, 0.25) is 0 Å². The van der Waals surface area contributed by atoms with Gasteiger partial charge in [0.1, 0.15) is 6.54 Å². The maximum absolute atomic E-state index is 11.4. The van der Waals surface area contributed by atoms with Crippen molar-refractivity contribution in [2.75, 3.05) is 19.6 Å². The van der Waals surface area contributed by atoms with Crippen LogP contribution in [0.5, 0.6) is 0 Å². The number of likely N-dealkylation sites (tertiary alicyclic amines) is 1. The van der Waals surface area contributed by atoms with Gasteiger partial charge < -0.3 is 20.1 Å². The Hall–Kier alpha value is -1.81. The number of β-amino-alcohol motifs (C(OH)–C–C–N with tert-alkyl or cyclic N) is 1. The number of alkyl carbamates (subject to hydrolysis) is 1. The van der Waals surface area contributed by atoms with Gasteiger partial charge in [-0.1, -0.05) is 0 Å². The molecule has 16 heavy (non-hydrogen) atoms. The molecule has 0 spiro atoms. The van der Waals surface area contributed by atoms with Crippen LogP contribution in [0.25, 0.3) is 0 Å². The number of hydrogen-bond donors (Lipinski definition) is 2. The number of nitrogens with one attached hydrogen (secondary N) is 1. The van der Waals surface area contributed by atoms with E-state index in [1.165, 1.54) is 4.90 Å². The lowest BCUT2D eigenvalue weighted by atomic mass is 10.1. The van der Waals surface area contributed by atoms with Gasteiger partial charge in [0, 0.05) is 6.54 Å². The van der Waals surface area contributed by atoms with Crippen LogP contribution in [0, 0.1) is 11.3 Å². The summed E-state index contributed by atoms with van der Waals surface area (Å²) >= 11 is 0. The molecule has 1 rings (SSSR count).